The van der Waals surface area contributed by atoms with E-state index in [1.54, 1.807) is 32.0 Å². The Hall–Kier alpha value is -2.50. The van der Waals surface area contributed by atoms with Crippen LogP contribution in [0.5, 0.6) is 0 Å². The molecule has 0 aliphatic heterocycles. The Kier molecular flexibility index (Phi) is 3.93. The second kappa shape index (κ2) is 5.64. The second-order valence-corrected chi connectivity index (χ2v) is 4.55. The normalized spacial score (nSPS) is 11.9. The summed E-state index contributed by atoms with van der Waals surface area (Å²) < 4.78 is 9.69. The molecule has 0 spiro atoms. The summed E-state index contributed by atoms with van der Waals surface area (Å²) >= 11 is 0. The van der Waals surface area contributed by atoms with Gasteiger partial charge in [-0.3, -0.25) is 4.79 Å². The summed E-state index contributed by atoms with van der Waals surface area (Å²) in [5.41, 5.74) is 1.59. The summed E-state index contributed by atoms with van der Waals surface area (Å²) in [5, 5.41) is 7.47. The van der Waals surface area contributed by atoms with E-state index >= 15 is 0 Å². The van der Waals surface area contributed by atoms with Crippen LogP contribution in [0.2, 0.25) is 0 Å². The van der Waals surface area contributed by atoms with Crippen molar-refractivity contribution in [2.45, 2.75) is 26.9 Å². The number of aromatic nitrogens is 2. The molecule has 104 valence electrons. The van der Waals surface area contributed by atoms with Crippen LogP contribution < -0.4 is 0 Å². The van der Waals surface area contributed by atoms with Gasteiger partial charge in [0.05, 0.1) is 6.10 Å². The van der Waals surface area contributed by atoms with Crippen molar-refractivity contribution in [3.05, 3.63) is 29.3 Å². The van der Waals surface area contributed by atoms with Crippen LogP contribution in [0.3, 0.4) is 0 Å². The first-order valence-corrected chi connectivity index (χ1v) is 6.14. The van der Waals surface area contributed by atoms with E-state index in [4.69, 9.17) is 4.74 Å². The fourth-order valence-corrected chi connectivity index (χ4v) is 1.68. The van der Waals surface area contributed by atoms with E-state index < -0.39 is 5.97 Å². The fourth-order valence-electron chi connectivity index (χ4n) is 1.68. The maximum absolute atomic E-state index is 11.9. The van der Waals surface area contributed by atoms with Crippen LogP contribution in [0, 0.1) is 0 Å². The maximum atomic E-state index is 11.9. The SMILES string of the molecule is CC(=O)/C(=C/c1cccc2nonc12)C(=O)OC(C)C. The number of rotatable bonds is 4. The summed E-state index contributed by atoms with van der Waals surface area (Å²) in [4.78, 5) is 23.5. The molecule has 0 saturated heterocycles. The smallest absolute Gasteiger partial charge is 0.342 e. The van der Waals surface area contributed by atoms with Crippen LogP contribution in [0.15, 0.2) is 28.4 Å². The lowest BCUT2D eigenvalue weighted by molar-refractivity contribution is -0.143. The number of esters is 1. The monoisotopic (exact) mass is 274 g/mol. The third kappa shape index (κ3) is 2.90. The van der Waals surface area contributed by atoms with Gasteiger partial charge >= 0.3 is 5.97 Å². The number of carbonyl (C=O) groups is 2. The van der Waals surface area contributed by atoms with Crippen LogP contribution in [0.4, 0.5) is 0 Å². The van der Waals surface area contributed by atoms with E-state index in [2.05, 4.69) is 14.9 Å². The minimum absolute atomic E-state index is 0.0331. The summed E-state index contributed by atoms with van der Waals surface area (Å²) in [6, 6.07) is 5.19. The Morgan fingerprint density at radius 2 is 2.05 bits per heavy atom. The first-order valence-electron chi connectivity index (χ1n) is 6.14. The van der Waals surface area contributed by atoms with E-state index in [1.165, 1.54) is 13.0 Å². The molecular formula is C14H14N2O4. The average Bonchev–Trinajstić information content (AvgIpc) is 2.83. The number of benzene rings is 1. The zero-order valence-corrected chi connectivity index (χ0v) is 11.4. The van der Waals surface area contributed by atoms with Crippen LogP contribution in [-0.2, 0) is 14.3 Å². The van der Waals surface area contributed by atoms with Crippen molar-refractivity contribution < 1.29 is 19.0 Å². The number of ketones is 1. The number of Topliss-reactive ketones (excluding diaryl/α,β-unsaturated/α-hetero) is 1. The molecule has 0 radical (unpaired) electrons. The van der Waals surface area contributed by atoms with Gasteiger partial charge in [0, 0.05) is 5.56 Å². The van der Waals surface area contributed by atoms with Gasteiger partial charge in [0.1, 0.15) is 16.6 Å². The third-order valence-electron chi connectivity index (χ3n) is 2.56. The lowest BCUT2D eigenvalue weighted by atomic mass is 10.1. The van der Waals surface area contributed by atoms with E-state index in [1.807, 2.05) is 0 Å². The van der Waals surface area contributed by atoms with E-state index in [0.29, 0.717) is 16.6 Å². The fraction of sp³-hybridized carbons (Fsp3) is 0.286. The lowest BCUT2D eigenvalue weighted by Crippen LogP contribution is -2.17. The molecule has 1 heterocycles. The Labute approximate surface area is 115 Å². The van der Waals surface area contributed by atoms with Gasteiger partial charge < -0.3 is 4.74 Å². The molecule has 0 amide bonds. The number of carbonyl (C=O) groups excluding carboxylic acids is 2. The van der Waals surface area contributed by atoms with Gasteiger partial charge in [0.15, 0.2) is 5.78 Å². The van der Waals surface area contributed by atoms with Gasteiger partial charge in [0.25, 0.3) is 0 Å². The Balaban J connectivity index is 2.46. The van der Waals surface area contributed by atoms with Crippen molar-refractivity contribution in [1.82, 2.24) is 10.3 Å². The Bertz CT molecular complexity index is 685. The van der Waals surface area contributed by atoms with Crippen molar-refractivity contribution in [2.24, 2.45) is 0 Å². The molecule has 0 aliphatic carbocycles. The van der Waals surface area contributed by atoms with Gasteiger partial charge in [-0.05, 0) is 43.2 Å². The van der Waals surface area contributed by atoms with Gasteiger partial charge in [-0.1, -0.05) is 12.1 Å². The van der Waals surface area contributed by atoms with E-state index in [-0.39, 0.29) is 17.5 Å². The van der Waals surface area contributed by atoms with Crippen LogP contribution in [0.25, 0.3) is 17.1 Å². The van der Waals surface area contributed by atoms with Crippen molar-refractivity contribution in [3.8, 4) is 0 Å². The molecule has 0 atom stereocenters. The third-order valence-corrected chi connectivity index (χ3v) is 2.56. The molecule has 1 aromatic carbocycles. The zero-order chi connectivity index (χ0) is 14.7. The topological polar surface area (TPSA) is 82.3 Å². The number of fused-ring (bicyclic) bond motifs is 1. The highest BCUT2D eigenvalue weighted by molar-refractivity contribution is 6.20. The second-order valence-electron chi connectivity index (χ2n) is 4.55. The standard InChI is InChI=1S/C14H14N2O4/c1-8(2)19-14(18)11(9(3)17)7-10-5-4-6-12-13(10)16-20-15-12/h4-8H,1-3H3/b11-7-. The highest BCUT2D eigenvalue weighted by Crippen LogP contribution is 2.18. The molecular weight excluding hydrogens is 260 g/mol. The maximum Gasteiger partial charge on any atom is 0.342 e. The zero-order valence-electron chi connectivity index (χ0n) is 11.4. The Morgan fingerprint density at radius 3 is 2.70 bits per heavy atom. The predicted molar refractivity (Wildman–Crippen MR) is 71.7 cm³/mol. The van der Waals surface area contributed by atoms with Gasteiger partial charge in [-0.15, -0.1) is 0 Å². The van der Waals surface area contributed by atoms with E-state index in [9.17, 15) is 9.59 Å². The van der Waals surface area contributed by atoms with Crippen molar-refractivity contribution in [2.75, 3.05) is 0 Å². The van der Waals surface area contributed by atoms with Crippen molar-refractivity contribution in [1.29, 1.82) is 0 Å². The van der Waals surface area contributed by atoms with Crippen LogP contribution in [-0.4, -0.2) is 28.2 Å². The summed E-state index contributed by atoms with van der Waals surface area (Å²) in [5.74, 6) is -1.02. The van der Waals surface area contributed by atoms with Crippen LogP contribution >= 0.6 is 0 Å². The molecule has 0 aliphatic rings. The molecule has 0 N–H and O–H groups in total. The largest absolute Gasteiger partial charge is 0.459 e. The van der Waals surface area contributed by atoms with Crippen molar-refractivity contribution >= 4 is 28.9 Å². The summed E-state index contributed by atoms with van der Waals surface area (Å²) in [6.45, 7) is 4.75. The van der Waals surface area contributed by atoms with E-state index in [0.717, 1.165) is 0 Å². The molecule has 0 fully saturated rings. The minimum Gasteiger partial charge on any atom is -0.459 e. The van der Waals surface area contributed by atoms with Gasteiger partial charge in [-0.25, -0.2) is 9.42 Å². The number of nitrogens with zero attached hydrogens (tertiary/aromatic N) is 2. The van der Waals surface area contributed by atoms with Gasteiger partial charge in [-0.2, -0.15) is 0 Å². The van der Waals surface area contributed by atoms with Crippen molar-refractivity contribution in [3.63, 3.8) is 0 Å². The molecule has 0 saturated carbocycles. The molecule has 0 bridgehead atoms. The summed E-state index contributed by atoms with van der Waals surface area (Å²) in [7, 11) is 0. The molecule has 2 aromatic rings. The highest BCUT2D eigenvalue weighted by atomic mass is 16.6. The van der Waals surface area contributed by atoms with Crippen LogP contribution in [0.1, 0.15) is 26.3 Å². The highest BCUT2D eigenvalue weighted by Gasteiger charge is 2.18. The molecule has 0 unspecified atom stereocenters. The molecule has 2 rings (SSSR count). The predicted octanol–water partition coefficient (Wildman–Crippen LogP) is 2.15. The summed E-state index contributed by atoms with van der Waals surface area (Å²) in [6.07, 6.45) is 1.15. The van der Waals surface area contributed by atoms with Gasteiger partial charge in [0.2, 0.25) is 0 Å². The quantitative estimate of drug-likeness (QED) is 0.367. The first kappa shape index (κ1) is 13.9. The molecule has 20 heavy (non-hydrogen) atoms. The first-order chi connectivity index (χ1) is 9.49. The minimum atomic E-state index is -0.652. The lowest BCUT2D eigenvalue weighted by Gasteiger charge is -2.08. The Morgan fingerprint density at radius 1 is 1.30 bits per heavy atom. The number of ether oxygens (including phenoxy) is 1. The molecule has 6 heteroatoms. The number of hydrogen-bond donors (Lipinski definition) is 0. The molecule has 1 aromatic heterocycles. The average molecular weight is 274 g/mol. The number of hydrogen-bond acceptors (Lipinski definition) is 6. The molecule has 6 nitrogen and oxygen atoms in total.